The summed E-state index contributed by atoms with van der Waals surface area (Å²) in [5.74, 6) is 3.67. The third-order valence-electron chi connectivity index (χ3n) is 5.55. The number of Topliss-reactive ketones (excluding diaryl/α,β-unsaturated/α-hetero) is 1. The van der Waals surface area contributed by atoms with Gasteiger partial charge in [-0.1, -0.05) is 0 Å². The Kier molecular flexibility index (Phi) is 12.9. The predicted octanol–water partition coefficient (Wildman–Crippen LogP) is 2.96. The maximum Gasteiger partial charge on any atom is 0.335 e. The molecule has 0 saturated carbocycles. The number of nitrogens with two attached hydrogens (primary N) is 1. The minimum Gasteiger partial charge on any atom is -0.478 e. The lowest BCUT2D eigenvalue weighted by atomic mass is 10.0. The fraction of sp³-hybridized carbons (Fsp3) is 0.292. The molecule has 0 atom stereocenters. The number of aromatic amines is 1. The first-order valence-electron chi connectivity index (χ1n) is 11.0. The van der Waals surface area contributed by atoms with E-state index in [2.05, 4.69) is 21.0 Å². The summed E-state index contributed by atoms with van der Waals surface area (Å²) in [4.78, 5) is 35.0. The van der Waals surface area contributed by atoms with Crippen LogP contribution in [0.2, 0.25) is 0 Å². The number of hydrazine groups is 1. The third kappa shape index (κ3) is 8.51. The summed E-state index contributed by atoms with van der Waals surface area (Å²) in [7, 11) is 0. The number of aromatic nitrogens is 1. The Morgan fingerprint density at radius 1 is 0.833 bits per heavy atom. The molecule has 0 amide bonds. The van der Waals surface area contributed by atoms with Crippen molar-refractivity contribution < 1.29 is 24.6 Å². The summed E-state index contributed by atoms with van der Waals surface area (Å²) in [6.45, 7) is 3.57. The van der Waals surface area contributed by atoms with Gasteiger partial charge in [0.1, 0.15) is 5.78 Å². The molecule has 1 fully saturated rings. The van der Waals surface area contributed by atoms with Gasteiger partial charge in [-0.05, 0) is 48.0 Å². The number of carbonyl (C=O) groups excluding carboxylic acids is 1. The predicted molar refractivity (Wildman–Crippen MR) is 143 cm³/mol. The Balaban J connectivity index is 0.000000285. The molecule has 36 heavy (non-hydrogen) atoms. The molecular formula is C24H31Cl2N5O5. The molecule has 2 aromatic carbocycles. The molecular weight excluding hydrogens is 509 g/mol. The molecule has 2 aliphatic rings. The van der Waals surface area contributed by atoms with Crippen LogP contribution < -0.4 is 21.9 Å². The van der Waals surface area contributed by atoms with Crippen LogP contribution in [0.25, 0.3) is 10.9 Å². The van der Waals surface area contributed by atoms with E-state index in [-0.39, 0.29) is 30.4 Å². The minimum absolute atomic E-state index is 0. The quantitative estimate of drug-likeness (QED) is 0.195. The normalized spacial score (nSPS) is 13.9. The van der Waals surface area contributed by atoms with Crippen molar-refractivity contribution >= 4 is 59.1 Å². The van der Waals surface area contributed by atoms with Gasteiger partial charge in [-0.2, -0.15) is 0 Å². The highest BCUT2D eigenvalue weighted by atomic mass is 35.5. The standard InChI is InChI=1S/C12H12N2O2.C7H8N2O2.C5H9NO.2ClH/c15-12(16)7-1-2-10-8(5-7)9-6-13-4-3-11(9)14-10;8-9-6-3-1-5(2-4-6)7(10)11;7-5-1-3-6-4-2-5;;/h1-2,5,13-14H,3-4,6H2,(H,15,16);1-4,9H,8H2,(H,10,11);6H,1-4H2;2*1H. The number of nitrogens with one attached hydrogen (secondary N) is 4. The number of aromatic carboxylic acids is 2. The molecule has 0 bridgehead atoms. The number of halogens is 2. The van der Waals surface area contributed by atoms with Gasteiger partial charge in [0.2, 0.25) is 0 Å². The van der Waals surface area contributed by atoms with E-state index in [9.17, 15) is 14.4 Å². The van der Waals surface area contributed by atoms with Crippen molar-refractivity contribution in [1.82, 2.24) is 15.6 Å². The topological polar surface area (TPSA) is 170 Å². The number of carbonyl (C=O) groups is 3. The van der Waals surface area contributed by atoms with Gasteiger partial charge in [0.15, 0.2) is 0 Å². The summed E-state index contributed by atoms with van der Waals surface area (Å²) >= 11 is 0. The zero-order valence-corrected chi connectivity index (χ0v) is 21.1. The fourth-order valence-corrected chi connectivity index (χ4v) is 3.69. The average molecular weight is 540 g/mol. The van der Waals surface area contributed by atoms with Crippen LogP contribution in [-0.2, 0) is 17.8 Å². The van der Waals surface area contributed by atoms with E-state index >= 15 is 0 Å². The number of ketones is 1. The van der Waals surface area contributed by atoms with Gasteiger partial charge in [-0.3, -0.25) is 10.6 Å². The first-order valence-corrected chi connectivity index (χ1v) is 11.0. The van der Waals surface area contributed by atoms with Crippen LogP contribution in [0, 0.1) is 0 Å². The van der Waals surface area contributed by atoms with Crippen LogP contribution >= 0.6 is 24.8 Å². The van der Waals surface area contributed by atoms with Crippen LogP contribution in [0.5, 0.6) is 0 Å². The van der Waals surface area contributed by atoms with Crippen molar-refractivity contribution in [2.75, 3.05) is 25.1 Å². The number of fused-ring (bicyclic) bond motifs is 3. The van der Waals surface area contributed by atoms with Crippen LogP contribution in [0.3, 0.4) is 0 Å². The van der Waals surface area contributed by atoms with E-state index in [1.165, 1.54) is 23.4 Å². The highest BCUT2D eigenvalue weighted by molar-refractivity contribution is 5.95. The molecule has 8 N–H and O–H groups in total. The van der Waals surface area contributed by atoms with E-state index in [1.54, 1.807) is 24.3 Å². The molecule has 1 saturated heterocycles. The van der Waals surface area contributed by atoms with E-state index in [0.717, 1.165) is 56.3 Å². The van der Waals surface area contributed by atoms with Crippen molar-refractivity contribution in [3.05, 3.63) is 64.8 Å². The number of piperidine rings is 1. The lowest BCUT2D eigenvalue weighted by Crippen LogP contribution is -2.27. The van der Waals surface area contributed by atoms with Gasteiger partial charge < -0.3 is 31.3 Å². The third-order valence-corrected chi connectivity index (χ3v) is 5.55. The Morgan fingerprint density at radius 2 is 1.42 bits per heavy atom. The van der Waals surface area contributed by atoms with Gasteiger partial charge in [-0.15, -0.1) is 24.8 Å². The largest absolute Gasteiger partial charge is 0.478 e. The van der Waals surface area contributed by atoms with E-state index in [4.69, 9.17) is 16.1 Å². The highest BCUT2D eigenvalue weighted by Gasteiger charge is 2.16. The number of rotatable bonds is 3. The highest BCUT2D eigenvalue weighted by Crippen LogP contribution is 2.25. The number of nitrogen functional groups attached to an aromatic ring is 1. The van der Waals surface area contributed by atoms with Crippen molar-refractivity contribution in [3.8, 4) is 0 Å². The van der Waals surface area contributed by atoms with Crippen molar-refractivity contribution in [2.24, 2.45) is 5.84 Å². The number of carboxylic acids is 2. The number of benzene rings is 2. The Morgan fingerprint density at radius 3 is 1.94 bits per heavy atom. The van der Waals surface area contributed by atoms with Gasteiger partial charge >= 0.3 is 11.9 Å². The van der Waals surface area contributed by atoms with Crippen LogP contribution in [-0.4, -0.2) is 52.6 Å². The van der Waals surface area contributed by atoms with E-state index in [1.807, 2.05) is 6.07 Å². The van der Waals surface area contributed by atoms with Crippen molar-refractivity contribution in [3.63, 3.8) is 0 Å². The molecule has 0 unspecified atom stereocenters. The number of carboxylic acid groups (broad SMARTS) is 2. The van der Waals surface area contributed by atoms with E-state index < -0.39 is 11.9 Å². The first-order chi connectivity index (χ1) is 16.4. The summed E-state index contributed by atoms with van der Waals surface area (Å²) in [6, 6.07) is 11.4. The number of hydrogen-bond donors (Lipinski definition) is 7. The summed E-state index contributed by atoms with van der Waals surface area (Å²) in [5.41, 5.74) is 7.16. The second kappa shape index (κ2) is 15.1. The minimum atomic E-state index is -0.937. The molecule has 0 spiro atoms. The van der Waals surface area contributed by atoms with Crippen LogP contribution in [0.1, 0.15) is 44.8 Å². The Bertz CT molecular complexity index is 1160. The monoisotopic (exact) mass is 539 g/mol. The second-order valence-electron chi connectivity index (χ2n) is 7.89. The summed E-state index contributed by atoms with van der Waals surface area (Å²) in [5, 5.41) is 24.9. The molecule has 0 radical (unpaired) electrons. The lowest BCUT2D eigenvalue weighted by molar-refractivity contribution is -0.119. The number of hydrogen-bond acceptors (Lipinski definition) is 7. The average Bonchev–Trinajstić information content (AvgIpc) is 3.23. The van der Waals surface area contributed by atoms with Gasteiger partial charge in [0, 0.05) is 67.7 Å². The SMILES string of the molecule is Cl.Cl.NNc1ccc(C(=O)O)cc1.O=C(O)c1ccc2[nH]c3c(c2c1)CNCC3.O=C1CCNCC1. The van der Waals surface area contributed by atoms with E-state index in [0.29, 0.717) is 17.0 Å². The van der Waals surface area contributed by atoms with Crippen molar-refractivity contribution in [2.45, 2.75) is 25.8 Å². The van der Waals surface area contributed by atoms with Crippen LogP contribution in [0.15, 0.2) is 42.5 Å². The molecule has 1 aromatic heterocycles. The Hall–Kier alpha value is -3.15. The zero-order valence-electron chi connectivity index (χ0n) is 19.5. The fourth-order valence-electron chi connectivity index (χ4n) is 3.69. The number of anilines is 1. The van der Waals surface area contributed by atoms with Gasteiger partial charge in [-0.25, -0.2) is 9.59 Å². The molecule has 3 heterocycles. The molecule has 3 aromatic rings. The molecule has 12 heteroatoms. The molecule has 5 rings (SSSR count). The maximum absolute atomic E-state index is 10.9. The zero-order chi connectivity index (χ0) is 24.5. The molecule has 0 aliphatic carbocycles. The summed E-state index contributed by atoms with van der Waals surface area (Å²) < 4.78 is 0. The Labute approximate surface area is 220 Å². The smallest absolute Gasteiger partial charge is 0.335 e. The molecule has 10 nitrogen and oxygen atoms in total. The van der Waals surface area contributed by atoms with Gasteiger partial charge in [0.05, 0.1) is 11.1 Å². The van der Waals surface area contributed by atoms with Crippen LogP contribution in [0.4, 0.5) is 5.69 Å². The first kappa shape index (κ1) is 30.9. The number of H-pyrrole nitrogens is 1. The van der Waals surface area contributed by atoms with Crippen molar-refractivity contribution in [1.29, 1.82) is 0 Å². The van der Waals surface area contributed by atoms with Gasteiger partial charge in [0.25, 0.3) is 0 Å². The maximum atomic E-state index is 10.9. The molecule has 2 aliphatic heterocycles. The second-order valence-corrected chi connectivity index (χ2v) is 7.89. The molecule has 196 valence electrons. The lowest BCUT2D eigenvalue weighted by Gasteiger charge is -2.12. The summed E-state index contributed by atoms with van der Waals surface area (Å²) in [6.07, 6.45) is 2.45.